The number of aliphatic imine (C=N–C) groups is 1. The highest BCUT2D eigenvalue weighted by Crippen LogP contribution is 2.41. The molecule has 1 aliphatic heterocycles. The van der Waals surface area contributed by atoms with E-state index in [4.69, 9.17) is 4.74 Å². The fraction of sp³-hybridized carbons (Fsp3) is 0.385. The first kappa shape index (κ1) is 11.6. The van der Waals surface area contributed by atoms with Gasteiger partial charge in [-0.05, 0) is 26.0 Å². The van der Waals surface area contributed by atoms with E-state index in [1.165, 1.54) is 0 Å². The van der Waals surface area contributed by atoms with Gasteiger partial charge in [0.15, 0.2) is 11.4 Å². The van der Waals surface area contributed by atoms with Crippen LogP contribution >= 0.6 is 0 Å². The van der Waals surface area contributed by atoms with Gasteiger partial charge in [0.2, 0.25) is 5.78 Å². The van der Waals surface area contributed by atoms with E-state index in [1.54, 1.807) is 26.3 Å². The maximum Gasteiger partial charge on any atom is 0.209 e. The van der Waals surface area contributed by atoms with Crippen LogP contribution in [0.5, 0.6) is 5.75 Å². The molecule has 2 rings (SSSR count). The van der Waals surface area contributed by atoms with E-state index in [1.807, 2.05) is 31.1 Å². The Balaban J connectivity index is 2.45. The average molecular weight is 232 g/mol. The lowest BCUT2D eigenvalue weighted by Gasteiger charge is -2.15. The van der Waals surface area contributed by atoms with Crippen LogP contribution in [0.25, 0.3) is 0 Å². The number of carbonyl (C=O) groups is 1. The molecule has 1 heterocycles. The van der Waals surface area contributed by atoms with Gasteiger partial charge in [-0.15, -0.1) is 0 Å². The Labute approximate surface area is 101 Å². The molecule has 0 saturated heterocycles. The zero-order valence-electron chi connectivity index (χ0n) is 10.5. The van der Waals surface area contributed by atoms with Gasteiger partial charge in [-0.1, -0.05) is 6.07 Å². The molecule has 4 heteroatoms. The summed E-state index contributed by atoms with van der Waals surface area (Å²) in [5, 5.41) is 0. The van der Waals surface area contributed by atoms with E-state index < -0.39 is 5.60 Å². The lowest BCUT2D eigenvalue weighted by molar-refractivity contribution is 0.0685. The van der Waals surface area contributed by atoms with Crippen LogP contribution in [-0.2, 0) is 0 Å². The quantitative estimate of drug-likeness (QED) is 0.580. The highest BCUT2D eigenvalue weighted by Gasteiger charge is 2.40. The Morgan fingerprint density at radius 2 is 2.06 bits per heavy atom. The molecule has 0 saturated carbocycles. The van der Waals surface area contributed by atoms with Crippen LogP contribution in [0.15, 0.2) is 23.2 Å². The second-order valence-electron chi connectivity index (χ2n) is 4.80. The summed E-state index contributed by atoms with van der Waals surface area (Å²) in [6, 6.07) is 5.44. The zero-order chi connectivity index (χ0) is 12.6. The first-order valence-corrected chi connectivity index (χ1v) is 5.49. The number of para-hydroxylation sites is 1. The van der Waals surface area contributed by atoms with Gasteiger partial charge in [0.05, 0.1) is 11.9 Å². The van der Waals surface area contributed by atoms with Crippen LogP contribution in [0.2, 0.25) is 0 Å². The van der Waals surface area contributed by atoms with Crippen molar-refractivity contribution in [2.24, 2.45) is 4.99 Å². The van der Waals surface area contributed by atoms with Crippen LogP contribution in [0, 0.1) is 0 Å². The summed E-state index contributed by atoms with van der Waals surface area (Å²) < 4.78 is 5.69. The van der Waals surface area contributed by atoms with Gasteiger partial charge in [-0.3, -0.25) is 4.79 Å². The molecule has 0 aromatic heterocycles. The summed E-state index contributed by atoms with van der Waals surface area (Å²) in [6.45, 7) is 3.55. The number of ketones is 1. The van der Waals surface area contributed by atoms with Crippen molar-refractivity contribution >= 4 is 17.8 Å². The largest absolute Gasteiger partial charge is 0.477 e. The van der Waals surface area contributed by atoms with E-state index in [0.29, 0.717) is 17.0 Å². The Morgan fingerprint density at radius 3 is 2.71 bits per heavy atom. The van der Waals surface area contributed by atoms with E-state index in [-0.39, 0.29) is 5.78 Å². The number of carbonyl (C=O) groups excluding carboxylic acids is 1. The minimum absolute atomic E-state index is 0.00871. The summed E-state index contributed by atoms with van der Waals surface area (Å²) in [5.74, 6) is 0.593. The second kappa shape index (κ2) is 3.87. The topological polar surface area (TPSA) is 41.9 Å². The lowest BCUT2D eigenvalue weighted by atomic mass is 10.00. The van der Waals surface area contributed by atoms with Crippen molar-refractivity contribution in [1.29, 1.82) is 0 Å². The molecule has 0 amide bonds. The predicted molar refractivity (Wildman–Crippen MR) is 67.3 cm³/mol. The number of fused-ring (bicyclic) bond motifs is 1. The van der Waals surface area contributed by atoms with Crippen molar-refractivity contribution in [3.8, 4) is 5.75 Å². The molecule has 0 unspecified atom stereocenters. The number of ether oxygens (including phenoxy) is 1. The molecule has 90 valence electrons. The molecule has 0 bridgehead atoms. The van der Waals surface area contributed by atoms with Crippen molar-refractivity contribution in [2.75, 3.05) is 14.1 Å². The molecule has 0 atom stereocenters. The highest BCUT2D eigenvalue weighted by molar-refractivity contribution is 6.08. The lowest BCUT2D eigenvalue weighted by Crippen LogP contribution is -2.31. The molecule has 0 aliphatic carbocycles. The Morgan fingerprint density at radius 1 is 1.35 bits per heavy atom. The molecule has 1 aromatic rings. The average Bonchev–Trinajstić information content (AvgIpc) is 2.48. The molecule has 0 spiro atoms. The molecule has 1 aliphatic rings. The molecule has 4 nitrogen and oxygen atoms in total. The van der Waals surface area contributed by atoms with Crippen molar-refractivity contribution < 1.29 is 9.53 Å². The molecular formula is C13H16N2O2. The number of hydrogen-bond acceptors (Lipinski definition) is 3. The van der Waals surface area contributed by atoms with Crippen LogP contribution in [0.1, 0.15) is 24.2 Å². The number of hydrogen-bond donors (Lipinski definition) is 0. The maximum absolute atomic E-state index is 12.0. The van der Waals surface area contributed by atoms with Gasteiger partial charge in [-0.2, -0.15) is 0 Å². The Hall–Kier alpha value is -1.84. The van der Waals surface area contributed by atoms with Crippen LogP contribution in [0.3, 0.4) is 0 Å². The third kappa shape index (κ3) is 2.02. The highest BCUT2D eigenvalue weighted by atomic mass is 16.5. The van der Waals surface area contributed by atoms with Crippen LogP contribution in [0.4, 0.5) is 5.69 Å². The zero-order valence-corrected chi connectivity index (χ0v) is 10.5. The van der Waals surface area contributed by atoms with Gasteiger partial charge in [0.1, 0.15) is 5.69 Å². The van der Waals surface area contributed by atoms with Gasteiger partial charge in [0, 0.05) is 14.1 Å². The predicted octanol–water partition coefficient (Wildman–Crippen LogP) is 2.26. The smallest absolute Gasteiger partial charge is 0.209 e. The van der Waals surface area contributed by atoms with Gasteiger partial charge in [0.25, 0.3) is 0 Å². The van der Waals surface area contributed by atoms with Crippen molar-refractivity contribution in [1.82, 2.24) is 4.90 Å². The maximum atomic E-state index is 12.0. The van der Waals surface area contributed by atoms with Crippen molar-refractivity contribution in [2.45, 2.75) is 19.4 Å². The van der Waals surface area contributed by atoms with Gasteiger partial charge in [-0.25, -0.2) is 4.99 Å². The summed E-state index contributed by atoms with van der Waals surface area (Å²) in [6.07, 6.45) is 1.69. The molecule has 1 aromatic carbocycles. The van der Waals surface area contributed by atoms with Crippen molar-refractivity contribution in [3.05, 3.63) is 23.8 Å². The Kier molecular flexibility index (Phi) is 2.65. The third-order valence-electron chi connectivity index (χ3n) is 2.57. The van der Waals surface area contributed by atoms with E-state index in [9.17, 15) is 4.79 Å². The molecule has 0 N–H and O–H groups in total. The number of rotatable bonds is 2. The number of Topliss-reactive ketones (excluding diaryl/α,β-unsaturated/α-hetero) is 1. The molecule has 0 fully saturated rings. The number of benzene rings is 1. The van der Waals surface area contributed by atoms with E-state index in [0.717, 1.165) is 0 Å². The molecular weight excluding hydrogens is 216 g/mol. The first-order chi connectivity index (χ1) is 7.92. The third-order valence-corrected chi connectivity index (χ3v) is 2.57. The molecule has 17 heavy (non-hydrogen) atoms. The minimum Gasteiger partial charge on any atom is -0.477 e. The summed E-state index contributed by atoms with van der Waals surface area (Å²) >= 11 is 0. The normalized spacial score (nSPS) is 17.1. The number of nitrogens with zero attached hydrogens (tertiary/aromatic N) is 2. The fourth-order valence-electron chi connectivity index (χ4n) is 1.72. The monoisotopic (exact) mass is 232 g/mol. The minimum atomic E-state index is -0.786. The standard InChI is InChI=1S/C13H16N2O2/c1-13(2)12(16)9-6-5-7-10(11(9)17-13)14-8-15(3)4/h5-8H,1-4H3. The first-order valence-electron chi connectivity index (χ1n) is 5.49. The summed E-state index contributed by atoms with van der Waals surface area (Å²) in [4.78, 5) is 18.2. The molecule has 0 radical (unpaired) electrons. The van der Waals surface area contributed by atoms with Crippen LogP contribution < -0.4 is 4.74 Å². The second-order valence-corrected chi connectivity index (χ2v) is 4.80. The van der Waals surface area contributed by atoms with Crippen LogP contribution in [-0.4, -0.2) is 36.7 Å². The van der Waals surface area contributed by atoms with E-state index in [2.05, 4.69) is 4.99 Å². The van der Waals surface area contributed by atoms with Gasteiger partial charge >= 0.3 is 0 Å². The van der Waals surface area contributed by atoms with Gasteiger partial charge < -0.3 is 9.64 Å². The van der Waals surface area contributed by atoms with E-state index >= 15 is 0 Å². The van der Waals surface area contributed by atoms with Crippen molar-refractivity contribution in [3.63, 3.8) is 0 Å². The summed E-state index contributed by atoms with van der Waals surface area (Å²) in [7, 11) is 3.78. The fourth-order valence-corrected chi connectivity index (χ4v) is 1.72. The Bertz CT molecular complexity index is 490. The summed E-state index contributed by atoms with van der Waals surface area (Å²) in [5.41, 5.74) is 0.519. The SMILES string of the molecule is CN(C)C=Nc1cccc2c1OC(C)(C)C2=O.